The van der Waals surface area contributed by atoms with Crippen LogP contribution in [0, 0.1) is 0 Å². The van der Waals surface area contributed by atoms with Crippen LogP contribution in [0.4, 0.5) is 5.95 Å². The van der Waals surface area contributed by atoms with Gasteiger partial charge < -0.3 is 5.32 Å². The van der Waals surface area contributed by atoms with Crippen molar-refractivity contribution < 1.29 is 0 Å². The Morgan fingerprint density at radius 1 is 1.14 bits per heavy atom. The number of nitrogens with one attached hydrogen (secondary N) is 1. The van der Waals surface area contributed by atoms with E-state index in [4.69, 9.17) is 11.6 Å². The molecule has 2 aromatic rings. The molecule has 0 saturated carbocycles. The lowest BCUT2D eigenvalue weighted by Gasteiger charge is -2.32. The fourth-order valence-electron chi connectivity index (χ4n) is 2.69. The highest BCUT2D eigenvalue weighted by Crippen LogP contribution is 2.18. The predicted octanol–water partition coefficient (Wildman–Crippen LogP) is 3.21. The number of hydrogen-bond donors (Lipinski definition) is 1. The third-order valence-electron chi connectivity index (χ3n) is 3.78. The topological polar surface area (TPSA) is 41.0 Å². The fourth-order valence-corrected chi connectivity index (χ4v) is 2.90. The Morgan fingerprint density at radius 2 is 1.90 bits per heavy atom. The van der Waals surface area contributed by atoms with Gasteiger partial charge >= 0.3 is 0 Å². The monoisotopic (exact) mass is 302 g/mol. The molecule has 3 rings (SSSR count). The van der Waals surface area contributed by atoms with E-state index in [0.29, 0.717) is 6.04 Å². The number of nitrogens with zero attached hydrogens (tertiary/aromatic N) is 3. The molecular formula is C16H19ClN4. The average Bonchev–Trinajstić information content (AvgIpc) is 2.50. The maximum Gasteiger partial charge on any atom is 0.222 e. The largest absolute Gasteiger partial charge is 0.351 e. The number of likely N-dealkylation sites (tertiary alicyclic amines) is 1. The number of rotatable bonds is 4. The van der Waals surface area contributed by atoms with Crippen molar-refractivity contribution in [1.82, 2.24) is 14.9 Å². The molecule has 0 aliphatic carbocycles. The standard InChI is InChI=1S/C16H19ClN4/c17-14-4-1-3-13(11-14)12-21-9-5-15(6-10-21)20-16-18-7-2-8-19-16/h1-4,7-8,11,15H,5-6,9-10,12H2,(H,18,19,20). The van der Waals surface area contributed by atoms with Crippen molar-refractivity contribution in [3.8, 4) is 0 Å². The van der Waals surface area contributed by atoms with Gasteiger partial charge in [0.05, 0.1) is 0 Å². The Labute approximate surface area is 130 Å². The number of anilines is 1. The van der Waals surface area contributed by atoms with E-state index in [0.717, 1.165) is 43.4 Å². The van der Waals surface area contributed by atoms with Crippen molar-refractivity contribution in [2.24, 2.45) is 0 Å². The van der Waals surface area contributed by atoms with Crippen LogP contribution < -0.4 is 5.32 Å². The molecule has 0 amide bonds. The molecule has 0 radical (unpaired) electrons. The molecule has 5 heteroatoms. The second-order valence-electron chi connectivity index (χ2n) is 5.40. The highest BCUT2D eigenvalue weighted by atomic mass is 35.5. The van der Waals surface area contributed by atoms with Gasteiger partial charge in [0.2, 0.25) is 5.95 Å². The molecule has 110 valence electrons. The molecule has 1 fully saturated rings. The van der Waals surface area contributed by atoms with Gasteiger partial charge in [-0.2, -0.15) is 0 Å². The van der Waals surface area contributed by atoms with E-state index >= 15 is 0 Å². The number of aromatic nitrogens is 2. The first-order valence-electron chi connectivity index (χ1n) is 7.30. The summed E-state index contributed by atoms with van der Waals surface area (Å²) in [6.45, 7) is 3.13. The maximum atomic E-state index is 6.03. The summed E-state index contributed by atoms with van der Waals surface area (Å²) in [6.07, 6.45) is 5.75. The van der Waals surface area contributed by atoms with E-state index in [-0.39, 0.29) is 0 Å². The lowest BCUT2D eigenvalue weighted by atomic mass is 10.0. The Balaban J connectivity index is 1.49. The summed E-state index contributed by atoms with van der Waals surface area (Å²) in [4.78, 5) is 10.9. The molecule has 1 aromatic heterocycles. The lowest BCUT2D eigenvalue weighted by molar-refractivity contribution is 0.211. The van der Waals surface area contributed by atoms with Gasteiger partial charge in [-0.25, -0.2) is 9.97 Å². The van der Waals surface area contributed by atoms with Crippen LogP contribution in [0.3, 0.4) is 0 Å². The number of halogens is 1. The quantitative estimate of drug-likeness (QED) is 0.941. The number of hydrogen-bond acceptors (Lipinski definition) is 4. The number of piperidine rings is 1. The van der Waals surface area contributed by atoms with Crippen molar-refractivity contribution in [3.63, 3.8) is 0 Å². The van der Waals surface area contributed by atoms with Gasteiger partial charge in [0.15, 0.2) is 0 Å². The minimum atomic E-state index is 0.461. The number of benzene rings is 1. The van der Waals surface area contributed by atoms with Crippen LogP contribution in [-0.2, 0) is 6.54 Å². The molecule has 4 nitrogen and oxygen atoms in total. The van der Waals surface area contributed by atoms with E-state index < -0.39 is 0 Å². The van der Waals surface area contributed by atoms with E-state index in [1.807, 2.05) is 24.3 Å². The predicted molar refractivity (Wildman–Crippen MR) is 85.4 cm³/mol. The van der Waals surface area contributed by atoms with E-state index in [1.54, 1.807) is 12.4 Å². The van der Waals surface area contributed by atoms with Crippen molar-refractivity contribution in [3.05, 3.63) is 53.3 Å². The molecule has 1 aliphatic heterocycles. The second kappa shape index (κ2) is 6.87. The zero-order valence-corrected chi connectivity index (χ0v) is 12.6. The Bertz CT molecular complexity index is 567. The van der Waals surface area contributed by atoms with Gasteiger partial charge in [-0.15, -0.1) is 0 Å². The molecule has 0 bridgehead atoms. The molecule has 1 aliphatic rings. The Kier molecular flexibility index (Phi) is 4.68. The average molecular weight is 303 g/mol. The molecule has 0 unspecified atom stereocenters. The van der Waals surface area contributed by atoms with Crippen LogP contribution in [0.2, 0.25) is 5.02 Å². The van der Waals surface area contributed by atoms with Crippen molar-refractivity contribution in [1.29, 1.82) is 0 Å². The first kappa shape index (κ1) is 14.3. The van der Waals surface area contributed by atoms with E-state index in [2.05, 4.69) is 26.3 Å². The molecule has 1 aromatic carbocycles. The molecule has 2 heterocycles. The van der Waals surface area contributed by atoms with E-state index in [9.17, 15) is 0 Å². The SMILES string of the molecule is Clc1cccc(CN2CCC(Nc3ncccn3)CC2)c1. The van der Waals surface area contributed by atoms with Gasteiger partial charge in [-0.3, -0.25) is 4.90 Å². The normalized spacial score (nSPS) is 16.8. The van der Waals surface area contributed by atoms with Gasteiger partial charge in [0, 0.05) is 43.1 Å². The van der Waals surface area contributed by atoms with Gasteiger partial charge in [0.1, 0.15) is 0 Å². The maximum absolute atomic E-state index is 6.03. The van der Waals surface area contributed by atoms with E-state index in [1.165, 1.54) is 5.56 Å². The van der Waals surface area contributed by atoms with Crippen LogP contribution in [0.25, 0.3) is 0 Å². The smallest absolute Gasteiger partial charge is 0.222 e. The molecular weight excluding hydrogens is 284 g/mol. The highest BCUT2D eigenvalue weighted by Gasteiger charge is 2.19. The summed E-state index contributed by atoms with van der Waals surface area (Å²) >= 11 is 6.03. The summed E-state index contributed by atoms with van der Waals surface area (Å²) in [7, 11) is 0. The molecule has 21 heavy (non-hydrogen) atoms. The third kappa shape index (κ3) is 4.16. The van der Waals surface area contributed by atoms with Gasteiger partial charge in [0.25, 0.3) is 0 Å². The molecule has 0 spiro atoms. The summed E-state index contributed by atoms with van der Waals surface area (Å²) in [5, 5.41) is 4.21. The van der Waals surface area contributed by atoms with Crippen molar-refractivity contribution in [2.75, 3.05) is 18.4 Å². The van der Waals surface area contributed by atoms with Gasteiger partial charge in [-0.05, 0) is 36.6 Å². The van der Waals surface area contributed by atoms with Crippen LogP contribution in [0.5, 0.6) is 0 Å². The summed E-state index contributed by atoms with van der Waals surface area (Å²) in [5.41, 5.74) is 1.28. The lowest BCUT2D eigenvalue weighted by Crippen LogP contribution is -2.38. The zero-order chi connectivity index (χ0) is 14.5. The fraction of sp³-hybridized carbons (Fsp3) is 0.375. The highest BCUT2D eigenvalue weighted by molar-refractivity contribution is 6.30. The molecule has 0 atom stereocenters. The molecule has 1 N–H and O–H groups in total. The van der Waals surface area contributed by atoms with Crippen molar-refractivity contribution in [2.45, 2.75) is 25.4 Å². The summed E-state index contributed by atoms with van der Waals surface area (Å²) in [6, 6.07) is 10.4. The first-order valence-corrected chi connectivity index (χ1v) is 7.68. The zero-order valence-electron chi connectivity index (χ0n) is 11.9. The third-order valence-corrected chi connectivity index (χ3v) is 4.02. The summed E-state index contributed by atoms with van der Waals surface area (Å²) < 4.78 is 0. The first-order chi connectivity index (χ1) is 10.3. The minimum Gasteiger partial charge on any atom is -0.351 e. The van der Waals surface area contributed by atoms with Crippen molar-refractivity contribution >= 4 is 17.5 Å². The van der Waals surface area contributed by atoms with Gasteiger partial charge in [-0.1, -0.05) is 23.7 Å². The van der Waals surface area contributed by atoms with Crippen LogP contribution >= 0.6 is 11.6 Å². The Morgan fingerprint density at radius 3 is 2.62 bits per heavy atom. The second-order valence-corrected chi connectivity index (χ2v) is 5.83. The summed E-state index contributed by atoms with van der Waals surface area (Å²) in [5.74, 6) is 0.728. The molecule has 1 saturated heterocycles. The Hall–Kier alpha value is -1.65. The minimum absolute atomic E-state index is 0.461. The van der Waals surface area contributed by atoms with Crippen LogP contribution in [0.15, 0.2) is 42.7 Å². The van der Waals surface area contributed by atoms with Crippen LogP contribution in [-0.4, -0.2) is 34.0 Å². The van der Waals surface area contributed by atoms with Crippen LogP contribution in [0.1, 0.15) is 18.4 Å².